The van der Waals surface area contributed by atoms with E-state index >= 15 is 0 Å². The summed E-state index contributed by atoms with van der Waals surface area (Å²) in [5.74, 6) is 0.920. The van der Waals surface area contributed by atoms with Gasteiger partial charge < -0.3 is 14.4 Å². The summed E-state index contributed by atoms with van der Waals surface area (Å²) in [6.45, 7) is 0. The molecule has 0 bridgehead atoms. The molecule has 1 unspecified atom stereocenters. The summed E-state index contributed by atoms with van der Waals surface area (Å²) in [6, 6.07) is 0. The first-order valence-electron chi connectivity index (χ1n) is 6.87. The number of rotatable bonds is 4. The van der Waals surface area contributed by atoms with Crippen LogP contribution in [0.25, 0.3) is 0 Å². The van der Waals surface area contributed by atoms with Crippen molar-refractivity contribution in [2.45, 2.75) is 56.7 Å². The summed E-state index contributed by atoms with van der Waals surface area (Å²) in [5, 5.41) is 10.6. The summed E-state index contributed by atoms with van der Waals surface area (Å²) < 4.78 is 7.68. The van der Waals surface area contributed by atoms with Crippen LogP contribution < -0.4 is 0 Å². The van der Waals surface area contributed by atoms with Crippen molar-refractivity contribution in [1.82, 2.24) is 9.55 Å². The van der Waals surface area contributed by atoms with E-state index in [1.54, 1.807) is 13.3 Å². The number of aliphatic hydroxyl groups excluding tert-OH is 1. The van der Waals surface area contributed by atoms with Crippen LogP contribution in [-0.2, 0) is 18.2 Å². The fourth-order valence-electron chi connectivity index (χ4n) is 2.95. The third-order valence-corrected chi connectivity index (χ3v) is 4.26. The number of aliphatic hydroxyl groups is 1. The third-order valence-electron chi connectivity index (χ3n) is 4.26. The molecule has 1 N–H and O–H groups in total. The van der Waals surface area contributed by atoms with E-state index < -0.39 is 6.10 Å². The largest absolute Gasteiger partial charge is 0.390 e. The van der Waals surface area contributed by atoms with E-state index in [0.29, 0.717) is 6.42 Å². The molecule has 1 aromatic rings. The Labute approximate surface area is 109 Å². The van der Waals surface area contributed by atoms with Crippen molar-refractivity contribution in [1.29, 1.82) is 0 Å². The van der Waals surface area contributed by atoms with Gasteiger partial charge in [-0.2, -0.15) is 0 Å². The zero-order chi connectivity index (χ0) is 13.0. The average molecular weight is 252 g/mol. The summed E-state index contributed by atoms with van der Waals surface area (Å²) >= 11 is 0. The first kappa shape index (κ1) is 13.6. The van der Waals surface area contributed by atoms with Gasteiger partial charge in [0.05, 0.1) is 11.7 Å². The van der Waals surface area contributed by atoms with Gasteiger partial charge in [0.25, 0.3) is 0 Å². The highest BCUT2D eigenvalue weighted by Gasteiger charge is 2.38. The van der Waals surface area contributed by atoms with Gasteiger partial charge in [-0.3, -0.25) is 0 Å². The lowest BCUT2D eigenvalue weighted by Crippen LogP contribution is -2.45. The van der Waals surface area contributed by atoms with Crippen LogP contribution in [0.4, 0.5) is 0 Å². The van der Waals surface area contributed by atoms with Crippen LogP contribution in [0.5, 0.6) is 0 Å². The van der Waals surface area contributed by atoms with E-state index in [1.807, 2.05) is 17.8 Å². The van der Waals surface area contributed by atoms with Gasteiger partial charge in [-0.15, -0.1) is 0 Å². The first-order chi connectivity index (χ1) is 8.68. The Bertz CT molecular complexity index is 368. The fourth-order valence-corrected chi connectivity index (χ4v) is 2.95. The molecule has 1 aliphatic rings. The second-order valence-corrected chi connectivity index (χ2v) is 5.36. The van der Waals surface area contributed by atoms with Gasteiger partial charge in [0.15, 0.2) is 0 Å². The number of hydrogen-bond acceptors (Lipinski definition) is 3. The zero-order valence-corrected chi connectivity index (χ0v) is 11.4. The van der Waals surface area contributed by atoms with E-state index in [2.05, 4.69) is 4.98 Å². The van der Waals surface area contributed by atoms with Gasteiger partial charge >= 0.3 is 0 Å². The van der Waals surface area contributed by atoms with Gasteiger partial charge in [0, 0.05) is 33.0 Å². The minimum absolute atomic E-state index is 0.373. The lowest BCUT2D eigenvalue weighted by atomic mass is 9.86. The van der Waals surface area contributed by atoms with Gasteiger partial charge in [-0.1, -0.05) is 25.7 Å². The Morgan fingerprint density at radius 1 is 1.39 bits per heavy atom. The number of methoxy groups -OCH3 is 1. The van der Waals surface area contributed by atoms with E-state index in [4.69, 9.17) is 4.74 Å². The Balaban J connectivity index is 2.08. The second kappa shape index (κ2) is 5.85. The highest BCUT2D eigenvalue weighted by atomic mass is 16.5. The molecule has 0 aliphatic heterocycles. The SMILES string of the molecule is COC1(C(O)Cc2nccn2C)CCCCCC1. The molecule has 1 aliphatic carbocycles. The van der Waals surface area contributed by atoms with Gasteiger partial charge in [-0.25, -0.2) is 4.98 Å². The molecule has 0 aromatic carbocycles. The quantitative estimate of drug-likeness (QED) is 0.834. The molecule has 1 atom stereocenters. The summed E-state index contributed by atoms with van der Waals surface area (Å²) in [6.07, 6.45) is 10.5. The number of imidazole rings is 1. The zero-order valence-electron chi connectivity index (χ0n) is 11.4. The number of nitrogens with zero attached hydrogens (tertiary/aromatic N) is 2. The smallest absolute Gasteiger partial charge is 0.111 e. The number of ether oxygens (including phenoxy) is 1. The second-order valence-electron chi connectivity index (χ2n) is 5.36. The third kappa shape index (κ3) is 2.75. The molecule has 0 radical (unpaired) electrons. The minimum atomic E-state index is -0.471. The maximum absolute atomic E-state index is 10.6. The predicted molar refractivity (Wildman–Crippen MR) is 70.4 cm³/mol. The van der Waals surface area contributed by atoms with Crippen LogP contribution in [0.15, 0.2) is 12.4 Å². The van der Waals surface area contributed by atoms with Crippen molar-refractivity contribution in [2.24, 2.45) is 7.05 Å². The Kier molecular flexibility index (Phi) is 4.40. The number of aromatic nitrogens is 2. The molecule has 4 nitrogen and oxygen atoms in total. The molecule has 4 heteroatoms. The normalized spacial score (nSPS) is 21.5. The Morgan fingerprint density at radius 2 is 2.06 bits per heavy atom. The summed E-state index contributed by atoms with van der Waals surface area (Å²) in [7, 11) is 3.69. The number of hydrogen-bond donors (Lipinski definition) is 1. The molecule has 1 saturated carbocycles. The Hall–Kier alpha value is -0.870. The van der Waals surface area contributed by atoms with Crippen LogP contribution in [0.2, 0.25) is 0 Å². The van der Waals surface area contributed by atoms with Crippen molar-refractivity contribution in [2.75, 3.05) is 7.11 Å². The average Bonchev–Trinajstić information content (AvgIpc) is 2.66. The number of aryl methyl sites for hydroxylation is 1. The Morgan fingerprint density at radius 3 is 2.56 bits per heavy atom. The van der Waals surface area contributed by atoms with Crippen molar-refractivity contribution in [3.05, 3.63) is 18.2 Å². The monoisotopic (exact) mass is 252 g/mol. The van der Waals surface area contributed by atoms with Crippen molar-refractivity contribution >= 4 is 0 Å². The molecule has 1 fully saturated rings. The molecule has 0 spiro atoms. The predicted octanol–water partition coefficient (Wildman–Crippen LogP) is 2.06. The highest BCUT2D eigenvalue weighted by molar-refractivity contribution is 4.99. The lowest BCUT2D eigenvalue weighted by molar-refractivity contribution is -0.111. The summed E-state index contributed by atoms with van der Waals surface area (Å²) in [5.41, 5.74) is -0.373. The van der Waals surface area contributed by atoms with E-state index in [-0.39, 0.29) is 5.60 Å². The molecule has 0 amide bonds. The molecule has 18 heavy (non-hydrogen) atoms. The van der Waals surface area contributed by atoms with Crippen LogP contribution in [-0.4, -0.2) is 33.5 Å². The highest BCUT2D eigenvalue weighted by Crippen LogP contribution is 2.34. The van der Waals surface area contributed by atoms with Crippen LogP contribution >= 0.6 is 0 Å². The van der Waals surface area contributed by atoms with E-state index in [0.717, 1.165) is 31.5 Å². The van der Waals surface area contributed by atoms with Gasteiger partial charge in [0.1, 0.15) is 5.82 Å². The van der Waals surface area contributed by atoms with Crippen molar-refractivity contribution in [3.63, 3.8) is 0 Å². The summed E-state index contributed by atoms with van der Waals surface area (Å²) in [4.78, 5) is 4.29. The maximum atomic E-state index is 10.6. The molecular formula is C14H24N2O2. The van der Waals surface area contributed by atoms with Gasteiger partial charge in [-0.05, 0) is 12.8 Å². The van der Waals surface area contributed by atoms with Crippen LogP contribution in [0.3, 0.4) is 0 Å². The van der Waals surface area contributed by atoms with Crippen molar-refractivity contribution < 1.29 is 9.84 Å². The minimum Gasteiger partial charge on any atom is -0.390 e. The maximum Gasteiger partial charge on any atom is 0.111 e. The molecule has 1 heterocycles. The molecule has 102 valence electrons. The van der Waals surface area contributed by atoms with Crippen molar-refractivity contribution in [3.8, 4) is 0 Å². The van der Waals surface area contributed by atoms with Crippen LogP contribution in [0.1, 0.15) is 44.3 Å². The lowest BCUT2D eigenvalue weighted by Gasteiger charge is -2.36. The van der Waals surface area contributed by atoms with E-state index in [9.17, 15) is 5.11 Å². The standard InChI is InChI=1S/C14H24N2O2/c1-16-10-9-15-13(16)11-12(17)14(18-2)7-5-3-4-6-8-14/h9-10,12,17H,3-8,11H2,1-2H3. The van der Waals surface area contributed by atoms with E-state index in [1.165, 1.54) is 12.8 Å². The fraction of sp³-hybridized carbons (Fsp3) is 0.786. The molecule has 0 saturated heterocycles. The topological polar surface area (TPSA) is 47.3 Å². The molecule has 2 rings (SSSR count). The van der Waals surface area contributed by atoms with Gasteiger partial charge in [0.2, 0.25) is 0 Å². The van der Waals surface area contributed by atoms with Crippen LogP contribution in [0, 0.1) is 0 Å². The molecular weight excluding hydrogens is 228 g/mol. The first-order valence-corrected chi connectivity index (χ1v) is 6.87. The molecule has 1 aromatic heterocycles.